The SMILES string of the molecule is COc1ccc(CC(=O)Nc2cc(C(C)(C)C)no2)cc1. The molecule has 0 radical (unpaired) electrons. The minimum Gasteiger partial charge on any atom is -0.497 e. The Balaban J connectivity index is 1.96. The van der Waals surface area contributed by atoms with Gasteiger partial charge in [0.25, 0.3) is 0 Å². The maximum atomic E-state index is 12.0. The summed E-state index contributed by atoms with van der Waals surface area (Å²) in [6.45, 7) is 6.11. The van der Waals surface area contributed by atoms with E-state index in [0.717, 1.165) is 17.0 Å². The molecule has 0 unspecified atom stereocenters. The molecule has 0 aliphatic rings. The number of rotatable bonds is 4. The molecule has 21 heavy (non-hydrogen) atoms. The molecular formula is C16H20N2O3. The Morgan fingerprint density at radius 3 is 2.48 bits per heavy atom. The third kappa shape index (κ3) is 4.08. The lowest BCUT2D eigenvalue weighted by Gasteiger charge is -2.12. The van der Waals surface area contributed by atoms with Gasteiger partial charge in [0.15, 0.2) is 0 Å². The van der Waals surface area contributed by atoms with Crippen molar-refractivity contribution in [3.63, 3.8) is 0 Å². The summed E-state index contributed by atoms with van der Waals surface area (Å²) in [4.78, 5) is 12.0. The van der Waals surface area contributed by atoms with Crippen molar-refractivity contribution in [3.05, 3.63) is 41.6 Å². The fraction of sp³-hybridized carbons (Fsp3) is 0.375. The number of anilines is 1. The standard InChI is InChI=1S/C16H20N2O3/c1-16(2,3)13-10-15(21-18-13)17-14(19)9-11-5-7-12(20-4)8-6-11/h5-8,10H,9H2,1-4H3,(H,17,19). The van der Waals surface area contributed by atoms with Crippen LogP contribution in [0.5, 0.6) is 5.75 Å². The van der Waals surface area contributed by atoms with Crippen LogP contribution in [0.3, 0.4) is 0 Å². The van der Waals surface area contributed by atoms with E-state index in [9.17, 15) is 4.79 Å². The lowest BCUT2D eigenvalue weighted by Crippen LogP contribution is -2.14. The van der Waals surface area contributed by atoms with Gasteiger partial charge in [-0.25, -0.2) is 0 Å². The molecule has 2 aromatic rings. The number of carbonyl (C=O) groups excluding carboxylic acids is 1. The van der Waals surface area contributed by atoms with Gasteiger partial charge < -0.3 is 9.26 Å². The number of ether oxygens (including phenoxy) is 1. The summed E-state index contributed by atoms with van der Waals surface area (Å²) in [5.74, 6) is 0.999. The van der Waals surface area contributed by atoms with Gasteiger partial charge in [0.1, 0.15) is 5.75 Å². The molecular weight excluding hydrogens is 268 g/mol. The van der Waals surface area contributed by atoms with Gasteiger partial charge in [-0.05, 0) is 17.7 Å². The van der Waals surface area contributed by atoms with E-state index in [0.29, 0.717) is 5.88 Å². The summed E-state index contributed by atoms with van der Waals surface area (Å²) < 4.78 is 10.2. The van der Waals surface area contributed by atoms with Crippen LogP contribution in [0.15, 0.2) is 34.9 Å². The molecule has 0 aliphatic heterocycles. The zero-order chi connectivity index (χ0) is 15.5. The molecule has 1 aromatic heterocycles. The first kappa shape index (κ1) is 15.1. The van der Waals surface area contributed by atoms with Crippen LogP contribution < -0.4 is 10.1 Å². The fourth-order valence-electron chi connectivity index (χ4n) is 1.80. The van der Waals surface area contributed by atoms with Gasteiger partial charge in [-0.15, -0.1) is 0 Å². The van der Waals surface area contributed by atoms with E-state index in [1.165, 1.54) is 0 Å². The summed E-state index contributed by atoms with van der Waals surface area (Å²) in [6, 6.07) is 9.13. The minimum absolute atomic E-state index is 0.109. The molecule has 1 N–H and O–H groups in total. The Morgan fingerprint density at radius 2 is 1.95 bits per heavy atom. The normalized spacial score (nSPS) is 11.2. The highest BCUT2D eigenvalue weighted by Gasteiger charge is 2.19. The molecule has 0 saturated carbocycles. The highest BCUT2D eigenvalue weighted by Crippen LogP contribution is 2.23. The van der Waals surface area contributed by atoms with Gasteiger partial charge in [0.05, 0.1) is 19.2 Å². The summed E-state index contributed by atoms with van der Waals surface area (Å²) in [7, 11) is 1.61. The molecule has 0 atom stereocenters. The van der Waals surface area contributed by atoms with Crippen molar-refractivity contribution in [2.75, 3.05) is 12.4 Å². The third-order valence-corrected chi connectivity index (χ3v) is 3.06. The topological polar surface area (TPSA) is 64.4 Å². The van der Waals surface area contributed by atoms with E-state index >= 15 is 0 Å². The highest BCUT2D eigenvalue weighted by molar-refractivity contribution is 5.91. The van der Waals surface area contributed by atoms with Crippen molar-refractivity contribution in [2.45, 2.75) is 32.6 Å². The molecule has 5 nitrogen and oxygen atoms in total. The number of carbonyl (C=O) groups is 1. The smallest absolute Gasteiger partial charge is 0.231 e. The van der Waals surface area contributed by atoms with E-state index in [4.69, 9.17) is 9.26 Å². The number of nitrogens with one attached hydrogen (secondary N) is 1. The Bertz CT molecular complexity index is 609. The highest BCUT2D eigenvalue weighted by atomic mass is 16.5. The molecule has 2 rings (SSSR count). The van der Waals surface area contributed by atoms with Gasteiger partial charge >= 0.3 is 0 Å². The molecule has 1 heterocycles. The number of amides is 1. The predicted molar refractivity (Wildman–Crippen MR) is 80.5 cm³/mol. The zero-order valence-corrected chi connectivity index (χ0v) is 12.8. The zero-order valence-electron chi connectivity index (χ0n) is 12.8. The lowest BCUT2D eigenvalue weighted by molar-refractivity contribution is -0.115. The van der Waals surface area contributed by atoms with Gasteiger partial charge in [0.2, 0.25) is 11.8 Å². The van der Waals surface area contributed by atoms with E-state index in [2.05, 4.69) is 10.5 Å². The Kier molecular flexibility index (Phi) is 4.31. The van der Waals surface area contributed by atoms with Crippen LogP contribution in [0.1, 0.15) is 32.0 Å². The maximum Gasteiger partial charge on any atom is 0.231 e. The van der Waals surface area contributed by atoms with Crippen LogP contribution in [0.25, 0.3) is 0 Å². The quantitative estimate of drug-likeness (QED) is 0.938. The number of benzene rings is 1. The van der Waals surface area contributed by atoms with E-state index in [1.807, 2.05) is 45.0 Å². The molecule has 1 amide bonds. The van der Waals surface area contributed by atoms with Gasteiger partial charge in [0, 0.05) is 11.5 Å². The fourth-order valence-corrected chi connectivity index (χ4v) is 1.80. The van der Waals surface area contributed by atoms with E-state index in [1.54, 1.807) is 13.2 Å². The second-order valence-corrected chi connectivity index (χ2v) is 5.90. The van der Waals surface area contributed by atoms with Gasteiger partial charge in [-0.1, -0.05) is 38.1 Å². The molecule has 5 heteroatoms. The predicted octanol–water partition coefficient (Wildman–Crippen LogP) is 3.16. The molecule has 1 aromatic carbocycles. The van der Waals surface area contributed by atoms with Crippen LogP contribution in [0, 0.1) is 0 Å². The second kappa shape index (κ2) is 5.99. The summed E-state index contributed by atoms with van der Waals surface area (Å²) in [5, 5.41) is 6.68. The largest absolute Gasteiger partial charge is 0.497 e. The van der Waals surface area contributed by atoms with Crippen molar-refractivity contribution in [2.24, 2.45) is 0 Å². The molecule has 0 spiro atoms. The van der Waals surface area contributed by atoms with Crippen LogP contribution in [-0.4, -0.2) is 18.2 Å². The number of aromatic nitrogens is 1. The first-order valence-corrected chi connectivity index (χ1v) is 6.78. The molecule has 0 aliphatic carbocycles. The summed E-state index contributed by atoms with van der Waals surface area (Å²) >= 11 is 0. The first-order valence-electron chi connectivity index (χ1n) is 6.78. The molecule has 0 bridgehead atoms. The second-order valence-electron chi connectivity index (χ2n) is 5.90. The van der Waals surface area contributed by atoms with Crippen LogP contribution in [0.2, 0.25) is 0 Å². The molecule has 112 valence electrons. The van der Waals surface area contributed by atoms with Gasteiger partial charge in [-0.3, -0.25) is 10.1 Å². The first-order chi connectivity index (χ1) is 9.88. The van der Waals surface area contributed by atoms with Crippen LogP contribution in [0.4, 0.5) is 5.88 Å². The van der Waals surface area contributed by atoms with E-state index < -0.39 is 0 Å². The molecule has 0 saturated heterocycles. The maximum absolute atomic E-state index is 12.0. The Hall–Kier alpha value is -2.30. The number of nitrogens with zero attached hydrogens (tertiary/aromatic N) is 1. The van der Waals surface area contributed by atoms with Crippen molar-refractivity contribution >= 4 is 11.8 Å². The third-order valence-electron chi connectivity index (χ3n) is 3.06. The number of hydrogen-bond donors (Lipinski definition) is 1. The monoisotopic (exact) mass is 288 g/mol. The van der Waals surface area contributed by atoms with Crippen LogP contribution >= 0.6 is 0 Å². The van der Waals surface area contributed by atoms with Crippen LogP contribution in [-0.2, 0) is 16.6 Å². The van der Waals surface area contributed by atoms with Crippen molar-refractivity contribution in [3.8, 4) is 5.75 Å². The summed E-state index contributed by atoms with van der Waals surface area (Å²) in [6.07, 6.45) is 0.273. The Labute approximate surface area is 124 Å². The van der Waals surface area contributed by atoms with Crippen molar-refractivity contribution in [1.29, 1.82) is 0 Å². The summed E-state index contributed by atoms with van der Waals surface area (Å²) in [5.41, 5.74) is 1.61. The minimum atomic E-state index is -0.142. The van der Waals surface area contributed by atoms with Gasteiger partial charge in [-0.2, -0.15) is 0 Å². The van der Waals surface area contributed by atoms with Crippen molar-refractivity contribution < 1.29 is 14.1 Å². The van der Waals surface area contributed by atoms with E-state index in [-0.39, 0.29) is 17.7 Å². The average Bonchev–Trinajstić information content (AvgIpc) is 2.88. The average molecular weight is 288 g/mol. The lowest BCUT2D eigenvalue weighted by atomic mass is 9.92. The Morgan fingerprint density at radius 1 is 1.29 bits per heavy atom. The number of hydrogen-bond acceptors (Lipinski definition) is 4. The number of methoxy groups -OCH3 is 1. The van der Waals surface area contributed by atoms with Crippen molar-refractivity contribution in [1.82, 2.24) is 5.16 Å². The molecule has 0 fully saturated rings.